The third-order valence-corrected chi connectivity index (χ3v) is 4.46. The Morgan fingerprint density at radius 3 is 2.52 bits per heavy atom. The number of hydrogen-bond acceptors (Lipinski definition) is 7. The van der Waals surface area contributed by atoms with E-state index in [1.807, 2.05) is 12.1 Å². The van der Waals surface area contributed by atoms with Crippen molar-refractivity contribution in [2.24, 2.45) is 0 Å². The Kier molecular flexibility index (Phi) is 7.74. The minimum atomic E-state index is -0.835. The molecule has 1 amide bonds. The Labute approximate surface area is 188 Å². The van der Waals surface area contributed by atoms with Gasteiger partial charge >= 0.3 is 5.97 Å². The van der Waals surface area contributed by atoms with Crippen LogP contribution in [0.5, 0.6) is 11.5 Å². The normalized spacial score (nSPS) is 10.4. The van der Waals surface area contributed by atoms with E-state index >= 15 is 0 Å². The van der Waals surface area contributed by atoms with Crippen LogP contribution < -0.4 is 20.3 Å². The maximum absolute atomic E-state index is 13.2. The number of benzene rings is 2. The number of nitrogens with zero attached hydrogens (tertiary/aromatic N) is 2. The average Bonchev–Trinajstić information content (AvgIpc) is 2.82. The monoisotopic (exact) mass is 455 g/mol. The largest absolute Gasteiger partial charge is 0.496 e. The summed E-state index contributed by atoms with van der Waals surface area (Å²) >= 11 is 0. The number of halogens is 1. The number of ether oxygens (including phenoxy) is 3. The number of rotatable bonds is 9. The molecule has 3 rings (SSSR count). The van der Waals surface area contributed by atoms with Crippen LogP contribution in [0.2, 0.25) is 0 Å². The van der Waals surface area contributed by atoms with Crippen LogP contribution in [0, 0.1) is 5.82 Å². The van der Waals surface area contributed by atoms with Crippen molar-refractivity contribution in [2.45, 2.75) is 13.5 Å². The first kappa shape index (κ1) is 23.5. The van der Waals surface area contributed by atoms with Crippen molar-refractivity contribution >= 4 is 11.9 Å². The number of nitrogens with one attached hydrogen (secondary N) is 1. The molecule has 0 aliphatic carbocycles. The van der Waals surface area contributed by atoms with E-state index in [1.165, 1.54) is 19.2 Å². The van der Waals surface area contributed by atoms with Crippen LogP contribution in [0.25, 0.3) is 5.69 Å². The van der Waals surface area contributed by atoms with Gasteiger partial charge in [0.1, 0.15) is 11.6 Å². The third-order valence-electron chi connectivity index (χ3n) is 4.46. The molecule has 0 spiro atoms. The second-order valence-corrected chi connectivity index (χ2v) is 6.68. The summed E-state index contributed by atoms with van der Waals surface area (Å²) in [5, 5.41) is 6.69. The average molecular weight is 455 g/mol. The maximum atomic E-state index is 13.2. The summed E-state index contributed by atoms with van der Waals surface area (Å²) in [6.07, 6.45) is 0. The van der Waals surface area contributed by atoms with E-state index < -0.39 is 29.9 Å². The molecule has 0 saturated heterocycles. The molecule has 3 aromatic rings. The molecule has 0 fully saturated rings. The quantitative estimate of drug-likeness (QED) is 0.493. The molecule has 0 aliphatic rings. The smallest absolute Gasteiger partial charge is 0.362 e. The highest BCUT2D eigenvalue weighted by atomic mass is 19.1. The molecule has 1 aromatic heterocycles. The van der Waals surface area contributed by atoms with Gasteiger partial charge in [0.05, 0.1) is 25.5 Å². The Morgan fingerprint density at radius 2 is 1.82 bits per heavy atom. The molecule has 10 heteroatoms. The van der Waals surface area contributed by atoms with Crippen LogP contribution in [0.4, 0.5) is 4.39 Å². The van der Waals surface area contributed by atoms with Gasteiger partial charge in [0.15, 0.2) is 12.4 Å². The van der Waals surface area contributed by atoms with Crippen molar-refractivity contribution in [2.75, 3.05) is 20.3 Å². The van der Waals surface area contributed by atoms with Crippen molar-refractivity contribution in [3.63, 3.8) is 0 Å². The number of hydrogen-bond donors (Lipinski definition) is 1. The number of carbonyl (C=O) groups is 2. The summed E-state index contributed by atoms with van der Waals surface area (Å²) in [6, 6.07) is 13.2. The maximum Gasteiger partial charge on any atom is 0.362 e. The predicted molar refractivity (Wildman–Crippen MR) is 116 cm³/mol. The van der Waals surface area contributed by atoms with E-state index in [0.717, 1.165) is 28.4 Å². The molecule has 2 aromatic carbocycles. The standard InChI is InChI=1S/C23H22FN3O6/c1-3-32-23(30)22-19(12-21(29)27(26-22)17-10-8-16(24)9-11-17)33-14-20(28)25-13-15-6-4-5-7-18(15)31-2/h4-12H,3,13-14H2,1-2H3,(H,25,28). The lowest BCUT2D eigenvalue weighted by molar-refractivity contribution is -0.123. The summed E-state index contributed by atoms with van der Waals surface area (Å²) in [4.78, 5) is 37.2. The first-order chi connectivity index (χ1) is 15.9. The van der Waals surface area contributed by atoms with E-state index in [2.05, 4.69) is 10.4 Å². The van der Waals surface area contributed by atoms with Crippen molar-refractivity contribution in [3.05, 3.63) is 82.0 Å². The first-order valence-corrected chi connectivity index (χ1v) is 10.0. The summed E-state index contributed by atoms with van der Waals surface area (Å²) in [6.45, 7) is 1.40. The third kappa shape index (κ3) is 5.94. The first-order valence-electron chi connectivity index (χ1n) is 10.0. The Hall–Kier alpha value is -4.21. The molecule has 0 aliphatic heterocycles. The van der Waals surface area contributed by atoms with Gasteiger partial charge in [0, 0.05) is 12.1 Å². The molecule has 0 radical (unpaired) electrons. The SMILES string of the molecule is CCOC(=O)c1nn(-c2ccc(F)cc2)c(=O)cc1OCC(=O)NCc1ccccc1OC. The van der Waals surface area contributed by atoms with Crippen molar-refractivity contribution in [3.8, 4) is 17.2 Å². The molecule has 0 atom stereocenters. The van der Waals surface area contributed by atoms with Crippen molar-refractivity contribution < 1.29 is 28.2 Å². The lowest BCUT2D eigenvalue weighted by Gasteiger charge is -2.13. The van der Waals surface area contributed by atoms with Crippen LogP contribution in [0.3, 0.4) is 0 Å². The van der Waals surface area contributed by atoms with Gasteiger partial charge in [-0.15, -0.1) is 0 Å². The highest BCUT2D eigenvalue weighted by Crippen LogP contribution is 2.18. The molecular weight excluding hydrogens is 433 g/mol. The second-order valence-electron chi connectivity index (χ2n) is 6.68. The van der Waals surface area contributed by atoms with Gasteiger partial charge in [0.25, 0.3) is 11.5 Å². The van der Waals surface area contributed by atoms with Crippen LogP contribution >= 0.6 is 0 Å². The van der Waals surface area contributed by atoms with Crippen LogP contribution in [-0.4, -0.2) is 42.0 Å². The highest BCUT2D eigenvalue weighted by molar-refractivity contribution is 5.90. The zero-order valence-corrected chi connectivity index (χ0v) is 18.0. The molecule has 0 bridgehead atoms. The molecular formula is C23H22FN3O6. The number of para-hydroxylation sites is 1. The fourth-order valence-electron chi connectivity index (χ4n) is 2.90. The van der Waals surface area contributed by atoms with E-state index in [4.69, 9.17) is 14.2 Å². The highest BCUT2D eigenvalue weighted by Gasteiger charge is 2.20. The number of methoxy groups -OCH3 is 1. The summed E-state index contributed by atoms with van der Waals surface area (Å²) < 4.78 is 29.8. The molecule has 172 valence electrons. The number of aromatic nitrogens is 2. The lowest BCUT2D eigenvalue weighted by Crippen LogP contribution is -2.30. The Bertz CT molecular complexity index is 1190. The van der Waals surface area contributed by atoms with Crippen molar-refractivity contribution in [1.82, 2.24) is 15.1 Å². The van der Waals surface area contributed by atoms with Gasteiger partial charge in [-0.3, -0.25) is 9.59 Å². The zero-order chi connectivity index (χ0) is 23.8. The minimum absolute atomic E-state index is 0.0645. The van der Waals surface area contributed by atoms with Gasteiger partial charge in [-0.25, -0.2) is 9.18 Å². The number of esters is 1. The van der Waals surface area contributed by atoms with E-state index in [1.54, 1.807) is 19.1 Å². The van der Waals surface area contributed by atoms with Gasteiger partial charge in [-0.1, -0.05) is 18.2 Å². The zero-order valence-electron chi connectivity index (χ0n) is 18.0. The Morgan fingerprint density at radius 1 is 1.09 bits per heavy atom. The molecule has 0 saturated carbocycles. The molecule has 0 unspecified atom stereocenters. The minimum Gasteiger partial charge on any atom is -0.496 e. The van der Waals surface area contributed by atoms with Gasteiger partial charge in [-0.2, -0.15) is 9.78 Å². The molecule has 9 nitrogen and oxygen atoms in total. The van der Waals surface area contributed by atoms with Gasteiger partial charge in [-0.05, 0) is 37.3 Å². The second kappa shape index (κ2) is 10.9. The van der Waals surface area contributed by atoms with E-state index in [-0.39, 0.29) is 30.3 Å². The van der Waals surface area contributed by atoms with E-state index in [9.17, 15) is 18.8 Å². The fourth-order valence-corrected chi connectivity index (χ4v) is 2.90. The topological polar surface area (TPSA) is 109 Å². The molecule has 33 heavy (non-hydrogen) atoms. The van der Waals surface area contributed by atoms with Gasteiger partial charge < -0.3 is 19.5 Å². The summed E-state index contributed by atoms with van der Waals surface area (Å²) in [7, 11) is 1.53. The predicted octanol–water partition coefficient (Wildman–Crippen LogP) is 2.25. The summed E-state index contributed by atoms with van der Waals surface area (Å²) in [5.41, 5.74) is 0.0783. The fraction of sp³-hybridized carbons (Fsp3) is 0.217. The number of carbonyl (C=O) groups excluding carboxylic acids is 2. The summed E-state index contributed by atoms with van der Waals surface area (Å²) in [5.74, 6) is -1.39. The molecule has 1 heterocycles. The van der Waals surface area contributed by atoms with Crippen LogP contribution in [0.1, 0.15) is 23.0 Å². The Balaban J connectivity index is 1.77. The number of amides is 1. The lowest BCUT2D eigenvalue weighted by atomic mass is 10.2. The molecule has 1 N–H and O–H groups in total. The van der Waals surface area contributed by atoms with Crippen molar-refractivity contribution in [1.29, 1.82) is 0 Å². The van der Waals surface area contributed by atoms with Crippen LogP contribution in [0.15, 0.2) is 59.4 Å². The van der Waals surface area contributed by atoms with Gasteiger partial charge in [0.2, 0.25) is 5.69 Å². The van der Waals surface area contributed by atoms with E-state index in [0.29, 0.717) is 5.75 Å². The van der Waals surface area contributed by atoms with Crippen LogP contribution in [-0.2, 0) is 16.1 Å².